The van der Waals surface area contributed by atoms with Crippen LogP contribution in [-0.2, 0) is 11.9 Å². The molecule has 0 aliphatic carbocycles. The first-order valence-corrected chi connectivity index (χ1v) is 10.0. The summed E-state index contributed by atoms with van der Waals surface area (Å²) in [6.45, 7) is 0. The van der Waals surface area contributed by atoms with Crippen LogP contribution in [0.4, 0.5) is 13.2 Å². The van der Waals surface area contributed by atoms with Crippen LogP contribution < -0.4 is 11.1 Å². The van der Waals surface area contributed by atoms with Crippen molar-refractivity contribution in [3.63, 3.8) is 0 Å². The largest absolute Gasteiger partial charge is 0.433 e. The number of hydrogen-bond acceptors (Lipinski definition) is 6. The van der Waals surface area contributed by atoms with E-state index in [1.54, 1.807) is 0 Å². The predicted molar refractivity (Wildman–Crippen MR) is 105 cm³/mol. The molecule has 4 rings (SSSR count). The summed E-state index contributed by atoms with van der Waals surface area (Å²) in [6.07, 6.45) is -4.72. The molecule has 0 unspecified atom stereocenters. The summed E-state index contributed by atoms with van der Waals surface area (Å²) in [5.74, 6) is 0.308. The summed E-state index contributed by atoms with van der Waals surface area (Å²) < 4.78 is 38.4. The maximum atomic E-state index is 12.8. The molecule has 148 valence electrons. The van der Waals surface area contributed by atoms with Crippen molar-refractivity contribution >= 4 is 33.3 Å². The summed E-state index contributed by atoms with van der Waals surface area (Å²) in [5, 5.41) is 2.09. The number of rotatable bonds is 4. The van der Waals surface area contributed by atoms with Crippen LogP contribution in [0.25, 0.3) is 21.3 Å². The number of nitrogens with zero attached hydrogens (tertiary/aromatic N) is 2. The van der Waals surface area contributed by atoms with Gasteiger partial charge in [-0.3, -0.25) is 9.59 Å². The standard InChI is InChI=1S/C18H11F3N4O2S2/c19-18(20,21)11-6-13(26)25-17(22-11)29-8-12-23-15(27)14-10(7-28-16(14)24-12)9-4-2-1-3-5-9/h1-7H,8H2,(H,22,25,26)(H,23,24,27). The highest BCUT2D eigenvalue weighted by atomic mass is 32.2. The van der Waals surface area contributed by atoms with Crippen LogP contribution >= 0.6 is 23.1 Å². The topological polar surface area (TPSA) is 91.5 Å². The molecule has 3 aromatic heterocycles. The van der Waals surface area contributed by atoms with Crippen molar-refractivity contribution in [2.45, 2.75) is 17.1 Å². The highest BCUT2D eigenvalue weighted by molar-refractivity contribution is 7.98. The Morgan fingerprint density at radius 1 is 1.07 bits per heavy atom. The predicted octanol–water partition coefficient (Wildman–Crippen LogP) is 4.05. The number of benzene rings is 1. The minimum atomic E-state index is -4.72. The van der Waals surface area contributed by atoms with Gasteiger partial charge in [0, 0.05) is 17.0 Å². The van der Waals surface area contributed by atoms with Gasteiger partial charge in [0.05, 0.1) is 11.1 Å². The van der Waals surface area contributed by atoms with E-state index < -0.39 is 17.4 Å². The Morgan fingerprint density at radius 2 is 1.83 bits per heavy atom. The summed E-state index contributed by atoms with van der Waals surface area (Å²) in [4.78, 5) is 37.3. The number of H-pyrrole nitrogens is 2. The number of aromatic amines is 2. The van der Waals surface area contributed by atoms with Crippen LogP contribution in [0.5, 0.6) is 0 Å². The van der Waals surface area contributed by atoms with Crippen molar-refractivity contribution < 1.29 is 13.2 Å². The monoisotopic (exact) mass is 436 g/mol. The van der Waals surface area contributed by atoms with Crippen LogP contribution in [0.3, 0.4) is 0 Å². The van der Waals surface area contributed by atoms with E-state index in [2.05, 4.69) is 19.9 Å². The van der Waals surface area contributed by atoms with Crippen molar-refractivity contribution in [3.8, 4) is 11.1 Å². The Hall–Kier alpha value is -2.92. The van der Waals surface area contributed by atoms with Crippen molar-refractivity contribution in [3.05, 3.63) is 74.0 Å². The summed E-state index contributed by atoms with van der Waals surface area (Å²) in [7, 11) is 0. The average Bonchev–Trinajstić information content (AvgIpc) is 3.11. The zero-order valence-electron chi connectivity index (χ0n) is 14.4. The molecule has 6 nitrogen and oxygen atoms in total. The van der Waals surface area contributed by atoms with Crippen LogP contribution in [-0.4, -0.2) is 19.9 Å². The van der Waals surface area contributed by atoms with Gasteiger partial charge >= 0.3 is 6.18 Å². The van der Waals surface area contributed by atoms with E-state index in [0.717, 1.165) is 22.9 Å². The van der Waals surface area contributed by atoms with E-state index in [-0.39, 0.29) is 22.3 Å². The highest BCUT2D eigenvalue weighted by Crippen LogP contribution is 2.31. The highest BCUT2D eigenvalue weighted by Gasteiger charge is 2.33. The Balaban J connectivity index is 1.63. The molecular formula is C18H11F3N4O2S2. The van der Waals surface area contributed by atoms with E-state index in [1.165, 1.54) is 11.3 Å². The minimum Gasteiger partial charge on any atom is -0.309 e. The number of halogens is 3. The first kappa shape index (κ1) is 19.4. The van der Waals surface area contributed by atoms with E-state index in [9.17, 15) is 22.8 Å². The average molecular weight is 436 g/mol. The lowest BCUT2D eigenvalue weighted by Crippen LogP contribution is -2.17. The van der Waals surface area contributed by atoms with Crippen molar-refractivity contribution in [1.82, 2.24) is 19.9 Å². The van der Waals surface area contributed by atoms with Gasteiger partial charge in [-0.05, 0) is 5.56 Å². The lowest BCUT2D eigenvalue weighted by molar-refractivity contribution is -0.141. The first-order chi connectivity index (χ1) is 13.8. The lowest BCUT2D eigenvalue weighted by atomic mass is 10.1. The second-order valence-corrected chi connectivity index (χ2v) is 7.75. The molecule has 0 amide bonds. The SMILES string of the molecule is O=c1cc(C(F)(F)F)nc(SCc2nc3scc(-c4ccccc4)c3c(=O)[nH]2)[nH]1. The minimum absolute atomic E-state index is 0.0357. The molecule has 0 aliphatic heterocycles. The van der Waals surface area contributed by atoms with Gasteiger partial charge in [-0.2, -0.15) is 13.2 Å². The molecule has 0 radical (unpaired) electrons. The van der Waals surface area contributed by atoms with E-state index in [1.807, 2.05) is 35.7 Å². The fourth-order valence-corrected chi connectivity index (χ4v) is 4.39. The third-order valence-electron chi connectivity index (χ3n) is 3.93. The zero-order valence-corrected chi connectivity index (χ0v) is 16.0. The molecule has 0 saturated heterocycles. The smallest absolute Gasteiger partial charge is 0.309 e. The molecule has 0 aliphatic rings. The van der Waals surface area contributed by atoms with Crippen LogP contribution in [0.15, 0.2) is 56.5 Å². The van der Waals surface area contributed by atoms with Crippen molar-refractivity contribution in [1.29, 1.82) is 0 Å². The quantitative estimate of drug-likeness (QED) is 0.372. The molecule has 0 bridgehead atoms. The molecule has 3 heterocycles. The van der Waals surface area contributed by atoms with Gasteiger partial charge < -0.3 is 9.97 Å². The molecule has 2 N–H and O–H groups in total. The molecule has 0 fully saturated rings. The number of alkyl halides is 3. The summed E-state index contributed by atoms with van der Waals surface area (Å²) in [5.41, 5.74) is -0.860. The Kier molecular flexibility index (Phi) is 5.01. The van der Waals surface area contributed by atoms with Gasteiger partial charge in [0.25, 0.3) is 11.1 Å². The number of hydrogen-bond donors (Lipinski definition) is 2. The van der Waals surface area contributed by atoms with Gasteiger partial charge in [0.2, 0.25) is 0 Å². The van der Waals surface area contributed by atoms with Crippen LogP contribution in [0, 0.1) is 0 Å². The van der Waals surface area contributed by atoms with Gasteiger partial charge in [-0.15, -0.1) is 11.3 Å². The van der Waals surface area contributed by atoms with Crippen LogP contribution in [0.1, 0.15) is 11.5 Å². The number of aromatic nitrogens is 4. The molecule has 29 heavy (non-hydrogen) atoms. The Bertz CT molecular complexity index is 1300. The molecule has 4 aromatic rings. The summed E-state index contributed by atoms with van der Waals surface area (Å²) in [6, 6.07) is 9.79. The maximum Gasteiger partial charge on any atom is 0.433 e. The summed E-state index contributed by atoms with van der Waals surface area (Å²) >= 11 is 2.15. The van der Waals surface area contributed by atoms with Gasteiger partial charge in [-0.1, -0.05) is 42.1 Å². The fourth-order valence-electron chi connectivity index (χ4n) is 2.68. The lowest BCUT2D eigenvalue weighted by Gasteiger charge is -2.07. The first-order valence-electron chi connectivity index (χ1n) is 8.18. The number of thioether (sulfide) groups is 1. The third kappa shape index (κ3) is 4.10. The normalized spacial score (nSPS) is 11.8. The Morgan fingerprint density at radius 3 is 2.55 bits per heavy atom. The van der Waals surface area contributed by atoms with E-state index in [4.69, 9.17) is 0 Å². The van der Waals surface area contributed by atoms with Crippen molar-refractivity contribution in [2.75, 3.05) is 0 Å². The zero-order chi connectivity index (χ0) is 20.6. The van der Waals surface area contributed by atoms with Crippen molar-refractivity contribution in [2.24, 2.45) is 0 Å². The van der Waals surface area contributed by atoms with Gasteiger partial charge in [0.15, 0.2) is 10.9 Å². The third-order valence-corrected chi connectivity index (χ3v) is 5.69. The Labute approximate surface area is 168 Å². The second-order valence-electron chi connectivity index (χ2n) is 5.93. The number of nitrogens with one attached hydrogen (secondary N) is 2. The van der Waals surface area contributed by atoms with Gasteiger partial charge in [-0.25, -0.2) is 9.97 Å². The molecule has 1 aromatic carbocycles. The molecule has 0 saturated carbocycles. The molecular weight excluding hydrogens is 425 g/mol. The number of thiophene rings is 1. The van der Waals surface area contributed by atoms with Gasteiger partial charge in [0.1, 0.15) is 10.7 Å². The number of fused-ring (bicyclic) bond motifs is 1. The molecule has 0 spiro atoms. The maximum absolute atomic E-state index is 12.8. The fraction of sp³-hybridized carbons (Fsp3) is 0.111. The molecule has 11 heteroatoms. The van der Waals surface area contributed by atoms with E-state index >= 15 is 0 Å². The van der Waals surface area contributed by atoms with E-state index in [0.29, 0.717) is 16.3 Å². The van der Waals surface area contributed by atoms with Crippen LogP contribution in [0.2, 0.25) is 0 Å². The second kappa shape index (κ2) is 7.48. The molecule has 0 atom stereocenters.